The van der Waals surface area contributed by atoms with Crippen LogP contribution in [0.25, 0.3) is 10.9 Å². The van der Waals surface area contributed by atoms with Gasteiger partial charge in [0.25, 0.3) is 0 Å². The smallest absolute Gasteiger partial charge is 0.161 e. The molecular formula is C24H35N3O3. The molecule has 0 saturated carbocycles. The van der Waals surface area contributed by atoms with Crippen LogP contribution in [0.4, 0.5) is 0 Å². The third-order valence-corrected chi connectivity index (χ3v) is 6.53. The molecule has 30 heavy (non-hydrogen) atoms. The van der Waals surface area contributed by atoms with Gasteiger partial charge in [0.15, 0.2) is 5.78 Å². The van der Waals surface area contributed by atoms with Crippen molar-refractivity contribution in [1.29, 1.82) is 0 Å². The van der Waals surface area contributed by atoms with Crippen molar-refractivity contribution in [2.24, 2.45) is 0 Å². The Morgan fingerprint density at radius 2 is 1.90 bits per heavy atom. The highest BCUT2D eigenvalue weighted by molar-refractivity contribution is 6.08. The van der Waals surface area contributed by atoms with E-state index < -0.39 is 0 Å². The van der Waals surface area contributed by atoms with E-state index >= 15 is 0 Å². The highest BCUT2D eigenvalue weighted by Crippen LogP contribution is 2.30. The number of fused-ring (bicyclic) bond motifs is 1. The SMILES string of the molecule is CCOc1cccc2c(C(C)=O)cn(CCCN3CCC(N4CCOCC4)CC3)c12. The Morgan fingerprint density at radius 3 is 2.60 bits per heavy atom. The van der Waals surface area contributed by atoms with Gasteiger partial charge < -0.3 is 18.9 Å². The second-order valence-corrected chi connectivity index (χ2v) is 8.45. The van der Waals surface area contributed by atoms with E-state index in [9.17, 15) is 4.79 Å². The molecule has 4 rings (SSSR count). The normalized spacial score (nSPS) is 19.4. The monoisotopic (exact) mass is 413 g/mol. The number of piperidine rings is 1. The number of hydrogen-bond acceptors (Lipinski definition) is 5. The Labute approximate surface area is 179 Å². The molecule has 3 heterocycles. The van der Waals surface area contributed by atoms with Gasteiger partial charge in [-0.15, -0.1) is 0 Å². The summed E-state index contributed by atoms with van der Waals surface area (Å²) in [5.74, 6) is 0.978. The number of aromatic nitrogens is 1. The van der Waals surface area contributed by atoms with E-state index in [4.69, 9.17) is 9.47 Å². The second-order valence-electron chi connectivity index (χ2n) is 8.45. The molecule has 2 aliphatic heterocycles. The van der Waals surface area contributed by atoms with Gasteiger partial charge in [-0.2, -0.15) is 0 Å². The molecule has 6 nitrogen and oxygen atoms in total. The van der Waals surface area contributed by atoms with Crippen molar-refractivity contribution in [3.8, 4) is 5.75 Å². The Morgan fingerprint density at radius 1 is 1.13 bits per heavy atom. The van der Waals surface area contributed by atoms with Crippen LogP contribution < -0.4 is 4.74 Å². The van der Waals surface area contributed by atoms with E-state index in [2.05, 4.69) is 14.4 Å². The summed E-state index contributed by atoms with van der Waals surface area (Å²) in [5, 5.41) is 1.000. The number of benzene rings is 1. The second kappa shape index (κ2) is 9.94. The molecule has 6 heteroatoms. The lowest BCUT2D eigenvalue weighted by Gasteiger charge is -2.40. The highest BCUT2D eigenvalue weighted by Gasteiger charge is 2.25. The van der Waals surface area contributed by atoms with Crippen molar-refractivity contribution in [2.75, 3.05) is 52.5 Å². The molecule has 2 saturated heterocycles. The summed E-state index contributed by atoms with van der Waals surface area (Å²) >= 11 is 0. The van der Waals surface area contributed by atoms with E-state index in [1.54, 1.807) is 6.92 Å². The molecule has 2 aliphatic rings. The van der Waals surface area contributed by atoms with Crippen LogP contribution in [0.2, 0.25) is 0 Å². The van der Waals surface area contributed by atoms with Crippen LogP contribution in [0.15, 0.2) is 24.4 Å². The molecule has 0 atom stereocenters. The molecule has 0 amide bonds. The molecule has 2 aromatic rings. The molecule has 2 fully saturated rings. The van der Waals surface area contributed by atoms with Crippen LogP contribution in [-0.2, 0) is 11.3 Å². The molecular weight excluding hydrogens is 378 g/mol. The fourth-order valence-electron chi connectivity index (χ4n) is 4.97. The predicted molar refractivity (Wildman–Crippen MR) is 120 cm³/mol. The van der Waals surface area contributed by atoms with Gasteiger partial charge in [-0.05, 0) is 58.8 Å². The molecule has 0 radical (unpaired) electrons. The van der Waals surface area contributed by atoms with Crippen LogP contribution in [0.1, 0.15) is 43.5 Å². The van der Waals surface area contributed by atoms with Gasteiger partial charge in [0, 0.05) is 42.8 Å². The maximum atomic E-state index is 12.2. The van der Waals surface area contributed by atoms with Gasteiger partial charge in [-0.1, -0.05) is 12.1 Å². The summed E-state index contributed by atoms with van der Waals surface area (Å²) in [5.41, 5.74) is 1.84. The van der Waals surface area contributed by atoms with Crippen LogP contribution in [0.3, 0.4) is 0 Å². The van der Waals surface area contributed by atoms with Crippen LogP contribution in [0, 0.1) is 0 Å². The first-order valence-electron chi connectivity index (χ1n) is 11.5. The third kappa shape index (κ3) is 4.71. The molecule has 1 aromatic carbocycles. The lowest BCUT2D eigenvalue weighted by molar-refractivity contribution is 0.000779. The largest absolute Gasteiger partial charge is 0.492 e. The summed E-state index contributed by atoms with van der Waals surface area (Å²) in [7, 11) is 0. The fourth-order valence-corrected chi connectivity index (χ4v) is 4.97. The number of carbonyl (C=O) groups is 1. The average Bonchev–Trinajstić information content (AvgIpc) is 3.15. The lowest BCUT2D eigenvalue weighted by Crippen LogP contribution is -2.49. The zero-order valence-corrected chi connectivity index (χ0v) is 18.4. The number of likely N-dealkylation sites (tertiary alicyclic amines) is 1. The van der Waals surface area contributed by atoms with Gasteiger partial charge in [0.05, 0.1) is 25.3 Å². The summed E-state index contributed by atoms with van der Waals surface area (Å²) in [6, 6.07) is 6.73. The number of nitrogens with zero attached hydrogens (tertiary/aromatic N) is 3. The Hall–Kier alpha value is -1.89. The van der Waals surface area contributed by atoms with E-state index in [-0.39, 0.29) is 5.78 Å². The molecule has 0 spiro atoms. The zero-order chi connectivity index (χ0) is 20.9. The lowest BCUT2D eigenvalue weighted by atomic mass is 10.0. The minimum atomic E-state index is 0.109. The predicted octanol–water partition coefficient (Wildman–Crippen LogP) is 3.43. The van der Waals surface area contributed by atoms with E-state index in [1.165, 1.54) is 25.9 Å². The van der Waals surface area contributed by atoms with Crippen molar-refractivity contribution < 1.29 is 14.3 Å². The van der Waals surface area contributed by atoms with Gasteiger partial charge >= 0.3 is 0 Å². The first-order valence-corrected chi connectivity index (χ1v) is 11.5. The number of ketones is 1. The van der Waals surface area contributed by atoms with Gasteiger partial charge in [0.1, 0.15) is 5.75 Å². The van der Waals surface area contributed by atoms with Crippen LogP contribution in [0.5, 0.6) is 5.75 Å². The maximum absolute atomic E-state index is 12.2. The molecule has 0 N–H and O–H groups in total. The zero-order valence-electron chi connectivity index (χ0n) is 18.4. The van der Waals surface area contributed by atoms with Crippen molar-refractivity contribution in [3.05, 3.63) is 30.0 Å². The summed E-state index contributed by atoms with van der Waals surface area (Å²) in [4.78, 5) is 17.4. The average molecular weight is 414 g/mol. The molecule has 0 bridgehead atoms. The molecule has 164 valence electrons. The Bertz CT molecular complexity index is 849. The number of rotatable bonds is 8. The standard InChI is InChI=1S/C24H35N3O3/c1-3-30-23-7-4-6-21-22(19(2)28)18-27(24(21)23)11-5-10-25-12-8-20(9-13-25)26-14-16-29-17-15-26/h4,6-7,18,20H,3,5,8-17H2,1-2H3. The molecule has 0 aliphatic carbocycles. The minimum absolute atomic E-state index is 0.109. The van der Waals surface area contributed by atoms with Crippen molar-refractivity contribution >= 4 is 16.7 Å². The van der Waals surface area contributed by atoms with Crippen LogP contribution >= 0.6 is 0 Å². The first kappa shape index (κ1) is 21.3. The Kier molecular flexibility index (Phi) is 7.08. The van der Waals surface area contributed by atoms with E-state index in [0.29, 0.717) is 6.61 Å². The number of para-hydroxylation sites is 1. The third-order valence-electron chi connectivity index (χ3n) is 6.53. The Balaban J connectivity index is 1.35. The van der Waals surface area contributed by atoms with Crippen molar-refractivity contribution in [3.63, 3.8) is 0 Å². The number of aryl methyl sites for hydroxylation is 1. The fraction of sp³-hybridized carbons (Fsp3) is 0.625. The number of hydrogen-bond donors (Lipinski definition) is 0. The summed E-state index contributed by atoms with van der Waals surface area (Å²) in [6.45, 7) is 12.6. The van der Waals surface area contributed by atoms with Crippen LogP contribution in [-0.4, -0.2) is 78.7 Å². The number of ether oxygens (including phenoxy) is 2. The summed E-state index contributed by atoms with van der Waals surface area (Å²) < 4.78 is 13.6. The number of Topliss-reactive ketones (excluding diaryl/α,β-unsaturated/α-hetero) is 1. The number of carbonyl (C=O) groups excluding carboxylic acids is 1. The quantitative estimate of drug-likeness (QED) is 0.621. The van der Waals surface area contributed by atoms with Gasteiger partial charge in [-0.25, -0.2) is 0 Å². The van der Waals surface area contributed by atoms with Crippen molar-refractivity contribution in [1.82, 2.24) is 14.4 Å². The maximum Gasteiger partial charge on any atom is 0.161 e. The van der Waals surface area contributed by atoms with Gasteiger partial charge in [0.2, 0.25) is 0 Å². The van der Waals surface area contributed by atoms with E-state index in [0.717, 1.165) is 74.1 Å². The first-order chi connectivity index (χ1) is 14.7. The van der Waals surface area contributed by atoms with Crippen molar-refractivity contribution in [2.45, 2.75) is 45.7 Å². The van der Waals surface area contributed by atoms with E-state index in [1.807, 2.05) is 31.3 Å². The molecule has 1 aromatic heterocycles. The van der Waals surface area contributed by atoms with Gasteiger partial charge in [-0.3, -0.25) is 9.69 Å². The molecule has 0 unspecified atom stereocenters. The highest BCUT2D eigenvalue weighted by atomic mass is 16.5. The number of morpholine rings is 1. The minimum Gasteiger partial charge on any atom is -0.492 e. The summed E-state index contributed by atoms with van der Waals surface area (Å²) in [6.07, 6.45) is 5.61. The topological polar surface area (TPSA) is 46.9 Å².